The molecule has 7 nitrogen and oxygen atoms in total. The fraction of sp³-hybridized carbons (Fsp3) is 0.684. The summed E-state index contributed by atoms with van der Waals surface area (Å²) >= 11 is 0. The SMILES string of the molecule is O=[N+]([O-])c1ccc(CO[C@H]2C[C@H]3[C@@H]4[C@@H]5CC[C@@H]6[C@@H]5[C@@H]3[C@@H]2[C@@H]64)c([N+](=O)[O-])c1. The second-order valence-corrected chi connectivity index (χ2v) is 8.87. The van der Waals surface area contributed by atoms with Crippen molar-refractivity contribution < 1.29 is 14.6 Å². The maximum absolute atomic E-state index is 11.3. The first kappa shape index (κ1) is 15.1. The number of nitro groups is 2. The molecule has 0 aromatic heterocycles. The summed E-state index contributed by atoms with van der Waals surface area (Å²) in [5.74, 6) is 7.00. The lowest BCUT2D eigenvalue weighted by Crippen LogP contribution is -2.36. The number of hydrogen-bond acceptors (Lipinski definition) is 5. The molecule has 0 unspecified atom stereocenters. The fourth-order valence-corrected chi connectivity index (χ4v) is 8.18. The van der Waals surface area contributed by atoms with Crippen LogP contribution in [0.3, 0.4) is 0 Å². The van der Waals surface area contributed by atoms with Crippen molar-refractivity contribution in [3.05, 3.63) is 44.0 Å². The number of nitrogens with zero attached hydrogens (tertiary/aromatic N) is 2. The lowest BCUT2D eigenvalue weighted by Gasteiger charge is -2.38. The first-order chi connectivity index (χ1) is 12.6. The largest absolute Gasteiger partial charge is 0.373 e. The molecule has 1 aromatic rings. The first-order valence-electron chi connectivity index (χ1n) is 9.59. The minimum Gasteiger partial charge on any atom is -0.373 e. The van der Waals surface area contributed by atoms with Gasteiger partial charge < -0.3 is 4.74 Å². The summed E-state index contributed by atoms with van der Waals surface area (Å²) in [6, 6.07) is 3.83. The number of nitro benzene ring substituents is 2. The average molecular weight is 356 g/mol. The van der Waals surface area contributed by atoms with E-state index in [0.29, 0.717) is 11.5 Å². The van der Waals surface area contributed by atoms with Crippen molar-refractivity contribution in [1.29, 1.82) is 0 Å². The third-order valence-corrected chi connectivity index (χ3v) is 8.44. The van der Waals surface area contributed by atoms with E-state index in [1.165, 1.54) is 25.0 Å². The van der Waals surface area contributed by atoms with Crippen LogP contribution < -0.4 is 0 Å². The topological polar surface area (TPSA) is 95.5 Å². The van der Waals surface area contributed by atoms with Crippen molar-refractivity contribution in [3.63, 3.8) is 0 Å². The summed E-state index contributed by atoms with van der Waals surface area (Å²) in [6.07, 6.45) is 4.16. The zero-order valence-electron chi connectivity index (χ0n) is 14.2. The highest BCUT2D eigenvalue weighted by Gasteiger charge is 2.79. The third-order valence-electron chi connectivity index (χ3n) is 8.44. The Bertz CT molecular complexity index is 833. The van der Waals surface area contributed by atoms with Gasteiger partial charge in [0, 0.05) is 6.07 Å². The summed E-state index contributed by atoms with van der Waals surface area (Å²) in [7, 11) is 0. The number of rotatable bonds is 5. The van der Waals surface area contributed by atoms with Crippen molar-refractivity contribution >= 4 is 11.4 Å². The van der Waals surface area contributed by atoms with E-state index in [0.717, 1.165) is 53.9 Å². The van der Waals surface area contributed by atoms with Crippen LogP contribution in [0.25, 0.3) is 0 Å². The molecule has 6 saturated carbocycles. The van der Waals surface area contributed by atoms with E-state index in [1.807, 2.05) is 0 Å². The molecule has 0 saturated heterocycles. The quantitative estimate of drug-likeness (QED) is 0.594. The Morgan fingerprint density at radius 2 is 1.62 bits per heavy atom. The zero-order valence-corrected chi connectivity index (χ0v) is 14.2. The Balaban J connectivity index is 1.21. The molecular formula is C19H20N2O5. The molecule has 0 radical (unpaired) electrons. The Morgan fingerprint density at radius 1 is 0.923 bits per heavy atom. The van der Waals surface area contributed by atoms with E-state index >= 15 is 0 Å². The van der Waals surface area contributed by atoms with Gasteiger partial charge >= 0.3 is 0 Å². The summed E-state index contributed by atoms with van der Waals surface area (Å²) in [5, 5.41) is 22.2. The number of hydrogen-bond donors (Lipinski definition) is 0. The van der Waals surface area contributed by atoms with Crippen LogP contribution in [0.4, 0.5) is 11.4 Å². The summed E-state index contributed by atoms with van der Waals surface area (Å²) in [5.41, 5.74) is -0.0378. The molecular weight excluding hydrogens is 336 g/mol. The monoisotopic (exact) mass is 356 g/mol. The second kappa shape index (κ2) is 4.82. The Hall–Kier alpha value is -2.02. The normalized spacial score (nSPS) is 45.8. The smallest absolute Gasteiger partial charge is 0.281 e. The fourth-order valence-electron chi connectivity index (χ4n) is 8.18. The van der Waals surface area contributed by atoms with Crippen LogP contribution in [-0.2, 0) is 11.3 Å². The van der Waals surface area contributed by atoms with Gasteiger partial charge in [0.05, 0.1) is 34.2 Å². The highest BCUT2D eigenvalue weighted by molar-refractivity contribution is 5.48. The molecule has 0 heterocycles. The Labute approximate surface area is 150 Å². The van der Waals surface area contributed by atoms with E-state index < -0.39 is 9.85 Å². The second-order valence-electron chi connectivity index (χ2n) is 8.87. The van der Waals surface area contributed by atoms with Gasteiger partial charge in [-0.1, -0.05) is 0 Å². The molecule has 0 N–H and O–H groups in total. The average Bonchev–Trinajstić information content (AvgIpc) is 3.41. The van der Waals surface area contributed by atoms with Gasteiger partial charge in [-0.3, -0.25) is 20.2 Å². The van der Waals surface area contributed by atoms with Crippen LogP contribution in [0.5, 0.6) is 0 Å². The molecule has 9 atom stereocenters. The van der Waals surface area contributed by atoms with Gasteiger partial charge in [-0.15, -0.1) is 0 Å². The van der Waals surface area contributed by atoms with Crippen LogP contribution in [0.15, 0.2) is 18.2 Å². The van der Waals surface area contributed by atoms with Gasteiger partial charge in [-0.05, 0) is 72.7 Å². The molecule has 8 bridgehead atoms. The Morgan fingerprint density at radius 3 is 2.35 bits per heavy atom. The van der Waals surface area contributed by atoms with Crippen LogP contribution in [0.2, 0.25) is 0 Å². The molecule has 6 aliphatic carbocycles. The molecule has 6 aliphatic rings. The standard InChI is InChI=1S/C19H20N2O5/c22-20(23)9-2-1-8(13(5-9)21(24)25)7-26-14-6-12-16-10-3-4-11-15(10)18(12)19(14)17(11)16/h1-2,5,10-12,14-19H,3-4,6-7H2/t10-,11-,12+,14+,15-,16+,17+,18-,19+/m1/s1. The van der Waals surface area contributed by atoms with E-state index in [1.54, 1.807) is 0 Å². The van der Waals surface area contributed by atoms with Crippen LogP contribution in [0, 0.1) is 67.6 Å². The summed E-state index contributed by atoms with van der Waals surface area (Å²) in [4.78, 5) is 21.0. The number of benzene rings is 1. The molecule has 0 aliphatic heterocycles. The third kappa shape index (κ3) is 1.63. The van der Waals surface area contributed by atoms with Crippen molar-refractivity contribution in [3.8, 4) is 0 Å². The minimum atomic E-state index is -0.605. The van der Waals surface area contributed by atoms with Crippen LogP contribution >= 0.6 is 0 Å². The van der Waals surface area contributed by atoms with Crippen molar-refractivity contribution in [2.24, 2.45) is 47.3 Å². The molecule has 1 aromatic carbocycles. The number of non-ortho nitro benzene ring substituents is 1. The predicted octanol–water partition coefficient (Wildman–Crippen LogP) is 3.56. The summed E-state index contributed by atoms with van der Waals surface area (Å²) < 4.78 is 6.20. The van der Waals surface area contributed by atoms with Gasteiger partial charge in [0.1, 0.15) is 0 Å². The molecule has 0 spiro atoms. The zero-order chi connectivity index (χ0) is 17.7. The van der Waals surface area contributed by atoms with Gasteiger partial charge in [0.25, 0.3) is 11.4 Å². The molecule has 6 fully saturated rings. The Kier molecular flexibility index (Phi) is 2.80. The van der Waals surface area contributed by atoms with E-state index in [4.69, 9.17) is 4.74 Å². The highest BCUT2D eigenvalue weighted by Crippen LogP contribution is 2.82. The van der Waals surface area contributed by atoms with E-state index in [9.17, 15) is 20.2 Å². The van der Waals surface area contributed by atoms with Gasteiger partial charge in [-0.2, -0.15) is 0 Å². The maximum Gasteiger partial charge on any atom is 0.281 e. The van der Waals surface area contributed by atoms with Gasteiger partial charge in [0.15, 0.2) is 0 Å². The van der Waals surface area contributed by atoms with Crippen molar-refractivity contribution in [2.45, 2.75) is 32.0 Å². The lowest BCUT2D eigenvalue weighted by molar-refractivity contribution is -0.394. The van der Waals surface area contributed by atoms with Crippen LogP contribution in [0.1, 0.15) is 24.8 Å². The molecule has 26 heavy (non-hydrogen) atoms. The van der Waals surface area contributed by atoms with E-state index in [2.05, 4.69) is 0 Å². The lowest BCUT2D eigenvalue weighted by atomic mass is 9.70. The number of ether oxygens (including phenoxy) is 1. The van der Waals surface area contributed by atoms with E-state index in [-0.39, 0.29) is 24.1 Å². The van der Waals surface area contributed by atoms with Crippen molar-refractivity contribution in [1.82, 2.24) is 0 Å². The molecule has 7 rings (SSSR count). The molecule has 0 amide bonds. The van der Waals surface area contributed by atoms with Crippen molar-refractivity contribution in [2.75, 3.05) is 0 Å². The van der Waals surface area contributed by atoms with Gasteiger partial charge in [0.2, 0.25) is 0 Å². The first-order valence-corrected chi connectivity index (χ1v) is 9.59. The molecule has 136 valence electrons. The highest BCUT2D eigenvalue weighted by atomic mass is 16.6. The molecule has 7 heteroatoms. The summed E-state index contributed by atoms with van der Waals surface area (Å²) in [6.45, 7) is 0.172. The van der Waals surface area contributed by atoms with Crippen LogP contribution in [-0.4, -0.2) is 16.0 Å². The predicted molar refractivity (Wildman–Crippen MR) is 90.1 cm³/mol. The maximum atomic E-state index is 11.3. The minimum absolute atomic E-state index is 0.172. The van der Waals surface area contributed by atoms with Gasteiger partial charge in [-0.25, -0.2) is 0 Å².